The molecule has 2 bridgehead atoms. The third-order valence-electron chi connectivity index (χ3n) is 7.21. The molecule has 2 aromatic rings. The number of carbonyl (C=O) groups is 2. The van der Waals surface area contributed by atoms with Crippen LogP contribution in [0.2, 0.25) is 0 Å². The Labute approximate surface area is 212 Å². The van der Waals surface area contributed by atoms with Crippen LogP contribution < -0.4 is 5.32 Å². The Hall–Kier alpha value is -2.78. The number of nitrogens with one attached hydrogen (secondary N) is 1. The fraction of sp³-hybridized carbons (Fsp3) is 0.481. The summed E-state index contributed by atoms with van der Waals surface area (Å²) in [7, 11) is -3.45. The van der Waals surface area contributed by atoms with Crippen molar-refractivity contribution in [2.75, 3.05) is 31.6 Å². The van der Waals surface area contributed by atoms with Gasteiger partial charge in [-0.2, -0.15) is 0 Å². The van der Waals surface area contributed by atoms with Crippen molar-refractivity contribution in [3.05, 3.63) is 71.5 Å². The lowest BCUT2D eigenvalue weighted by atomic mass is 9.97. The van der Waals surface area contributed by atoms with Gasteiger partial charge in [0.05, 0.1) is 0 Å². The maximum absolute atomic E-state index is 13.2. The van der Waals surface area contributed by atoms with Gasteiger partial charge in [-0.3, -0.25) is 14.5 Å². The van der Waals surface area contributed by atoms with Crippen LogP contribution in [0.4, 0.5) is 4.39 Å². The van der Waals surface area contributed by atoms with E-state index in [1.807, 2.05) is 30.3 Å². The molecule has 7 nitrogen and oxygen atoms in total. The first-order valence-electron chi connectivity index (χ1n) is 12.5. The number of fused-ring (bicyclic) bond motifs is 2. The highest BCUT2D eigenvalue weighted by Crippen LogP contribution is 2.35. The number of amides is 2. The van der Waals surface area contributed by atoms with Crippen LogP contribution in [0.3, 0.4) is 0 Å². The van der Waals surface area contributed by atoms with Crippen molar-refractivity contribution < 1.29 is 22.4 Å². The molecule has 0 spiro atoms. The molecule has 9 heteroatoms. The average molecular weight is 516 g/mol. The number of sulfone groups is 1. The monoisotopic (exact) mass is 515 g/mol. The van der Waals surface area contributed by atoms with E-state index >= 15 is 0 Å². The lowest BCUT2D eigenvalue weighted by Gasteiger charge is -2.40. The maximum atomic E-state index is 13.2. The Bertz CT molecular complexity index is 1140. The molecular weight excluding hydrogens is 481 g/mol. The number of carbonyl (C=O) groups excluding carboxylic acids is 2. The van der Waals surface area contributed by atoms with Crippen LogP contribution in [-0.4, -0.2) is 79.8 Å². The van der Waals surface area contributed by atoms with Crippen molar-refractivity contribution in [1.82, 2.24) is 15.1 Å². The molecule has 2 saturated heterocycles. The molecule has 2 aliphatic rings. The van der Waals surface area contributed by atoms with Gasteiger partial charge in [0.15, 0.2) is 9.84 Å². The second-order valence-corrected chi connectivity index (χ2v) is 12.1. The minimum atomic E-state index is -3.45. The minimum Gasteiger partial charge on any atom is -0.349 e. The van der Waals surface area contributed by atoms with Crippen LogP contribution in [-0.2, 0) is 21.1 Å². The largest absolute Gasteiger partial charge is 0.349 e. The zero-order valence-corrected chi connectivity index (χ0v) is 21.4. The predicted octanol–water partition coefficient (Wildman–Crippen LogP) is 2.67. The van der Waals surface area contributed by atoms with Gasteiger partial charge in [0, 0.05) is 49.6 Å². The Kier molecular flexibility index (Phi) is 8.41. The van der Waals surface area contributed by atoms with Gasteiger partial charge in [-0.15, -0.1) is 0 Å². The second-order valence-electron chi connectivity index (χ2n) is 9.96. The molecule has 2 aliphatic heterocycles. The Morgan fingerprint density at radius 3 is 2.25 bits per heavy atom. The standard InChI is InChI=1S/C27H34FN3O4S/c1-36(34,35)19-26(32)30(14-13-20-7-9-22(28)10-8-20)15-16-31-24-11-12-25(31)18-23(17-24)29-27(33)21-5-3-2-4-6-21/h2-10,23-25H,11-19H2,1H3,(H,29,33). The minimum absolute atomic E-state index is 0.0493. The van der Waals surface area contributed by atoms with Gasteiger partial charge in [-0.25, -0.2) is 12.8 Å². The molecule has 0 saturated carbocycles. The summed E-state index contributed by atoms with van der Waals surface area (Å²) in [5.74, 6) is -1.29. The number of hydrogen-bond acceptors (Lipinski definition) is 5. The first-order valence-corrected chi connectivity index (χ1v) is 14.6. The Morgan fingerprint density at radius 2 is 1.64 bits per heavy atom. The van der Waals surface area contributed by atoms with Crippen molar-refractivity contribution in [3.63, 3.8) is 0 Å². The summed E-state index contributed by atoms with van der Waals surface area (Å²) in [6.07, 6.45) is 5.42. The van der Waals surface area contributed by atoms with E-state index in [2.05, 4.69) is 10.2 Å². The van der Waals surface area contributed by atoms with E-state index in [9.17, 15) is 22.4 Å². The SMILES string of the molecule is CS(=O)(=O)CC(=O)N(CCc1ccc(F)cc1)CCN1C2CCC1CC(NC(=O)c1ccccc1)C2. The first kappa shape index (κ1) is 26.3. The van der Waals surface area contributed by atoms with Gasteiger partial charge in [0.1, 0.15) is 11.6 Å². The van der Waals surface area contributed by atoms with Crippen molar-refractivity contribution in [1.29, 1.82) is 0 Å². The van der Waals surface area contributed by atoms with E-state index in [0.29, 0.717) is 43.7 Å². The number of rotatable bonds is 10. The summed E-state index contributed by atoms with van der Waals surface area (Å²) in [6.45, 7) is 1.47. The fourth-order valence-corrected chi connectivity index (χ4v) is 6.07. The molecule has 2 atom stereocenters. The molecule has 194 valence electrons. The zero-order chi connectivity index (χ0) is 25.7. The number of nitrogens with zero attached hydrogens (tertiary/aromatic N) is 2. The van der Waals surface area contributed by atoms with Crippen molar-refractivity contribution in [3.8, 4) is 0 Å². The van der Waals surface area contributed by atoms with Crippen LogP contribution in [0.25, 0.3) is 0 Å². The third kappa shape index (κ3) is 7.13. The maximum Gasteiger partial charge on any atom is 0.251 e. The molecule has 0 radical (unpaired) electrons. The molecule has 0 aromatic heterocycles. The Morgan fingerprint density at radius 1 is 1.00 bits per heavy atom. The van der Waals surface area contributed by atoms with Crippen LogP contribution in [0.15, 0.2) is 54.6 Å². The van der Waals surface area contributed by atoms with Crippen molar-refractivity contribution >= 4 is 21.7 Å². The lowest BCUT2D eigenvalue weighted by molar-refractivity contribution is -0.128. The van der Waals surface area contributed by atoms with Gasteiger partial charge in [-0.05, 0) is 61.9 Å². The van der Waals surface area contributed by atoms with Crippen LogP contribution in [0.1, 0.15) is 41.6 Å². The molecule has 0 aliphatic carbocycles. The quantitative estimate of drug-likeness (QED) is 0.526. The summed E-state index contributed by atoms with van der Waals surface area (Å²) < 4.78 is 36.8. The molecule has 1 N–H and O–H groups in total. The van der Waals surface area contributed by atoms with Crippen LogP contribution in [0.5, 0.6) is 0 Å². The molecule has 4 rings (SSSR count). The van der Waals surface area contributed by atoms with Gasteiger partial charge in [-0.1, -0.05) is 30.3 Å². The summed E-state index contributed by atoms with van der Waals surface area (Å²) in [5, 5.41) is 3.18. The number of piperidine rings is 1. The highest BCUT2D eigenvalue weighted by Gasteiger charge is 2.41. The lowest BCUT2D eigenvalue weighted by Crippen LogP contribution is -2.52. The molecule has 2 heterocycles. The van der Waals surface area contributed by atoms with Gasteiger partial charge < -0.3 is 10.2 Å². The predicted molar refractivity (Wildman–Crippen MR) is 137 cm³/mol. The topological polar surface area (TPSA) is 86.8 Å². The van der Waals surface area contributed by atoms with E-state index in [4.69, 9.17) is 0 Å². The number of benzene rings is 2. The van der Waals surface area contributed by atoms with Crippen LogP contribution >= 0.6 is 0 Å². The number of halogens is 1. The summed E-state index contributed by atoms with van der Waals surface area (Å²) in [5.41, 5.74) is 1.55. The van der Waals surface area contributed by atoms with Crippen molar-refractivity contribution in [2.24, 2.45) is 0 Å². The third-order valence-corrected chi connectivity index (χ3v) is 7.98. The summed E-state index contributed by atoms with van der Waals surface area (Å²) >= 11 is 0. The van der Waals surface area contributed by atoms with E-state index in [-0.39, 0.29) is 17.8 Å². The molecule has 36 heavy (non-hydrogen) atoms. The van der Waals surface area contributed by atoms with E-state index in [1.165, 1.54) is 12.1 Å². The molecule has 2 unspecified atom stereocenters. The van der Waals surface area contributed by atoms with Gasteiger partial charge >= 0.3 is 0 Å². The zero-order valence-electron chi connectivity index (χ0n) is 20.6. The van der Waals surface area contributed by atoms with E-state index in [1.54, 1.807) is 17.0 Å². The van der Waals surface area contributed by atoms with Crippen LogP contribution in [0, 0.1) is 5.82 Å². The molecular formula is C27H34FN3O4S. The summed E-state index contributed by atoms with van der Waals surface area (Å²) in [4.78, 5) is 29.5. The average Bonchev–Trinajstić information content (AvgIpc) is 3.07. The highest BCUT2D eigenvalue weighted by molar-refractivity contribution is 7.91. The second kappa shape index (κ2) is 11.5. The number of hydrogen-bond donors (Lipinski definition) is 1. The summed E-state index contributed by atoms with van der Waals surface area (Å²) in [6, 6.07) is 16.1. The normalized spacial score (nSPS) is 21.8. The van der Waals surface area contributed by atoms with E-state index < -0.39 is 21.5 Å². The van der Waals surface area contributed by atoms with E-state index in [0.717, 1.165) is 37.5 Å². The van der Waals surface area contributed by atoms with Gasteiger partial charge in [0.2, 0.25) is 5.91 Å². The smallest absolute Gasteiger partial charge is 0.251 e. The van der Waals surface area contributed by atoms with Gasteiger partial charge in [0.25, 0.3) is 5.91 Å². The molecule has 2 aromatic carbocycles. The van der Waals surface area contributed by atoms with Crippen molar-refractivity contribution in [2.45, 2.75) is 50.2 Å². The fourth-order valence-electron chi connectivity index (χ4n) is 5.44. The molecule has 2 fully saturated rings. The highest BCUT2D eigenvalue weighted by atomic mass is 32.2. The Balaban J connectivity index is 1.34. The first-order chi connectivity index (χ1) is 17.2. The molecule has 2 amide bonds.